The molecule has 3 rings (SSSR count). The predicted octanol–water partition coefficient (Wildman–Crippen LogP) is 3.19. The van der Waals surface area contributed by atoms with E-state index in [-0.39, 0.29) is 0 Å². The van der Waals surface area contributed by atoms with Crippen LogP contribution >= 0.6 is 11.6 Å². The lowest BCUT2D eigenvalue weighted by Crippen LogP contribution is -2.13. The molecule has 0 radical (unpaired) electrons. The molecular formula is C16H19ClN4. The Labute approximate surface area is 129 Å². The van der Waals surface area contributed by atoms with E-state index >= 15 is 0 Å². The first kappa shape index (κ1) is 14.2. The van der Waals surface area contributed by atoms with Crippen LogP contribution in [0.1, 0.15) is 18.3 Å². The third kappa shape index (κ3) is 2.69. The standard InChI is InChI=1S/C16H19ClN4/c1-3-18-9-13-6-4-5-12-7-8-21(16(12)13)11-15-19-10-14(17)20(15)2/h4-8,10,18H,3,9,11H2,1-2H3. The van der Waals surface area contributed by atoms with Crippen molar-refractivity contribution in [3.8, 4) is 0 Å². The van der Waals surface area contributed by atoms with Crippen molar-refractivity contribution in [3.05, 3.63) is 53.2 Å². The highest BCUT2D eigenvalue weighted by Gasteiger charge is 2.10. The summed E-state index contributed by atoms with van der Waals surface area (Å²) in [5.41, 5.74) is 2.57. The summed E-state index contributed by atoms with van der Waals surface area (Å²) in [6.07, 6.45) is 3.81. The van der Waals surface area contributed by atoms with Gasteiger partial charge in [0.1, 0.15) is 11.0 Å². The van der Waals surface area contributed by atoms with Gasteiger partial charge in [0.05, 0.1) is 18.3 Å². The average Bonchev–Trinajstić information content (AvgIpc) is 3.04. The van der Waals surface area contributed by atoms with E-state index in [0.29, 0.717) is 5.15 Å². The van der Waals surface area contributed by atoms with Crippen LogP contribution in [-0.2, 0) is 20.1 Å². The van der Waals surface area contributed by atoms with Gasteiger partial charge in [0.2, 0.25) is 0 Å². The largest absolute Gasteiger partial charge is 0.340 e. The van der Waals surface area contributed by atoms with Crippen molar-refractivity contribution in [1.29, 1.82) is 0 Å². The first-order chi connectivity index (χ1) is 10.2. The van der Waals surface area contributed by atoms with Crippen LogP contribution in [0.15, 0.2) is 36.7 Å². The number of halogens is 1. The van der Waals surface area contributed by atoms with Crippen LogP contribution in [0.3, 0.4) is 0 Å². The summed E-state index contributed by atoms with van der Waals surface area (Å²) in [6, 6.07) is 8.58. The maximum atomic E-state index is 6.07. The molecule has 2 heterocycles. The van der Waals surface area contributed by atoms with Gasteiger partial charge in [-0.2, -0.15) is 0 Å². The lowest BCUT2D eigenvalue weighted by Gasteiger charge is -2.10. The van der Waals surface area contributed by atoms with Gasteiger partial charge in [-0.05, 0) is 23.6 Å². The van der Waals surface area contributed by atoms with Crippen molar-refractivity contribution in [2.75, 3.05) is 6.54 Å². The number of imidazole rings is 1. The molecule has 0 aliphatic carbocycles. The van der Waals surface area contributed by atoms with Crippen LogP contribution in [-0.4, -0.2) is 20.7 Å². The first-order valence-corrected chi connectivity index (χ1v) is 7.52. The van der Waals surface area contributed by atoms with Crippen molar-refractivity contribution < 1.29 is 0 Å². The van der Waals surface area contributed by atoms with E-state index in [1.807, 2.05) is 11.6 Å². The quantitative estimate of drug-likeness (QED) is 0.785. The number of aromatic nitrogens is 3. The molecule has 110 valence electrons. The highest BCUT2D eigenvalue weighted by Crippen LogP contribution is 2.22. The lowest BCUT2D eigenvalue weighted by atomic mass is 10.1. The van der Waals surface area contributed by atoms with Gasteiger partial charge in [-0.3, -0.25) is 0 Å². The predicted molar refractivity (Wildman–Crippen MR) is 86.6 cm³/mol. The van der Waals surface area contributed by atoms with E-state index in [9.17, 15) is 0 Å². The Morgan fingerprint density at radius 1 is 1.29 bits per heavy atom. The minimum absolute atomic E-state index is 0.661. The van der Waals surface area contributed by atoms with Crippen LogP contribution in [0.2, 0.25) is 5.15 Å². The van der Waals surface area contributed by atoms with Gasteiger partial charge in [-0.1, -0.05) is 36.7 Å². The van der Waals surface area contributed by atoms with E-state index in [0.717, 1.165) is 25.5 Å². The van der Waals surface area contributed by atoms with Crippen LogP contribution in [0.5, 0.6) is 0 Å². The second kappa shape index (κ2) is 5.92. The summed E-state index contributed by atoms with van der Waals surface area (Å²) in [6.45, 7) is 4.68. The molecule has 0 spiro atoms. The fraction of sp³-hybridized carbons (Fsp3) is 0.312. The Morgan fingerprint density at radius 2 is 2.14 bits per heavy atom. The molecule has 0 aliphatic rings. The summed E-state index contributed by atoms with van der Waals surface area (Å²) in [4.78, 5) is 4.38. The molecule has 0 atom stereocenters. The molecule has 3 aromatic rings. The second-order valence-electron chi connectivity index (χ2n) is 5.14. The molecule has 1 aromatic carbocycles. The Morgan fingerprint density at radius 3 is 2.86 bits per heavy atom. The van der Waals surface area contributed by atoms with E-state index in [2.05, 4.69) is 52.3 Å². The molecule has 0 amide bonds. The zero-order valence-electron chi connectivity index (χ0n) is 12.3. The number of para-hydroxylation sites is 1. The third-order valence-electron chi connectivity index (χ3n) is 3.78. The molecule has 0 unspecified atom stereocenters. The number of hydrogen-bond acceptors (Lipinski definition) is 2. The van der Waals surface area contributed by atoms with Crippen LogP contribution < -0.4 is 5.32 Å². The Balaban J connectivity index is 2.00. The summed E-state index contributed by atoms with van der Waals surface area (Å²) < 4.78 is 4.15. The number of benzene rings is 1. The van der Waals surface area contributed by atoms with Gasteiger partial charge in [0, 0.05) is 19.8 Å². The molecule has 5 heteroatoms. The van der Waals surface area contributed by atoms with E-state index in [1.165, 1.54) is 16.5 Å². The normalized spacial score (nSPS) is 11.4. The summed E-state index contributed by atoms with van der Waals surface area (Å²) in [7, 11) is 1.94. The minimum Gasteiger partial charge on any atom is -0.340 e. The number of nitrogens with zero attached hydrogens (tertiary/aromatic N) is 3. The number of nitrogens with one attached hydrogen (secondary N) is 1. The average molecular weight is 303 g/mol. The van der Waals surface area contributed by atoms with Crippen LogP contribution in [0.25, 0.3) is 10.9 Å². The van der Waals surface area contributed by atoms with Gasteiger partial charge in [0.25, 0.3) is 0 Å². The van der Waals surface area contributed by atoms with E-state index in [1.54, 1.807) is 6.20 Å². The third-order valence-corrected chi connectivity index (χ3v) is 4.13. The van der Waals surface area contributed by atoms with Crippen molar-refractivity contribution in [3.63, 3.8) is 0 Å². The summed E-state index contributed by atoms with van der Waals surface area (Å²) in [5, 5.41) is 5.31. The van der Waals surface area contributed by atoms with Crippen molar-refractivity contribution in [2.45, 2.75) is 20.0 Å². The fourth-order valence-electron chi connectivity index (χ4n) is 2.60. The lowest BCUT2D eigenvalue weighted by molar-refractivity contribution is 0.703. The van der Waals surface area contributed by atoms with Crippen molar-refractivity contribution in [1.82, 2.24) is 19.4 Å². The Hall–Kier alpha value is -1.78. The van der Waals surface area contributed by atoms with Crippen LogP contribution in [0.4, 0.5) is 0 Å². The summed E-state index contributed by atoms with van der Waals surface area (Å²) >= 11 is 6.07. The van der Waals surface area contributed by atoms with Crippen molar-refractivity contribution in [2.24, 2.45) is 7.05 Å². The molecule has 2 aromatic heterocycles. The monoisotopic (exact) mass is 302 g/mol. The highest BCUT2D eigenvalue weighted by molar-refractivity contribution is 6.29. The molecule has 0 saturated heterocycles. The van der Waals surface area contributed by atoms with Gasteiger partial charge in [-0.15, -0.1) is 0 Å². The number of hydrogen-bond donors (Lipinski definition) is 1. The Bertz CT molecular complexity index is 757. The SMILES string of the molecule is CCNCc1cccc2ccn(Cc3ncc(Cl)n3C)c12. The van der Waals surface area contributed by atoms with Gasteiger partial charge < -0.3 is 14.5 Å². The molecule has 0 aliphatic heterocycles. The maximum Gasteiger partial charge on any atom is 0.129 e. The van der Waals surface area contributed by atoms with Gasteiger partial charge in [-0.25, -0.2) is 4.98 Å². The smallest absolute Gasteiger partial charge is 0.129 e. The molecule has 1 N–H and O–H groups in total. The molecule has 0 bridgehead atoms. The molecule has 0 saturated carbocycles. The molecule has 0 fully saturated rings. The second-order valence-corrected chi connectivity index (χ2v) is 5.52. The molecule has 21 heavy (non-hydrogen) atoms. The topological polar surface area (TPSA) is 34.8 Å². The highest BCUT2D eigenvalue weighted by atomic mass is 35.5. The maximum absolute atomic E-state index is 6.07. The molecular weight excluding hydrogens is 284 g/mol. The van der Waals surface area contributed by atoms with E-state index in [4.69, 9.17) is 11.6 Å². The Kier molecular flexibility index (Phi) is 3.99. The van der Waals surface area contributed by atoms with Crippen molar-refractivity contribution >= 4 is 22.5 Å². The number of rotatable bonds is 5. The van der Waals surface area contributed by atoms with E-state index < -0.39 is 0 Å². The number of fused-ring (bicyclic) bond motifs is 1. The first-order valence-electron chi connectivity index (χ1n) is 7.14. The van der Waals surface area contributed by atoms with Crippen LogP contribution in [0, 0.1) is 0 Å². The molecule has 4 nitrogen and oxygen atoms in total. The minimum atomic E-state index is 0.661. The fourth-order valence-corrected chi connectivity index (χ4v) is 2.74. The zero-order valence-corrected chi connectivity index (χ0v) is 13.1. The zero-order chi connectivity index (χ0) is 14.8. The summed E-state index contributed by atoms with van der Waals surface area (Å²) in [5.74, 6) is 0.954. The van der Waals surface area contributed by atoms with Gasteiger partial charge >= 0.3 is 0 Å². The van der Waals surface area contributed by atoms with Gasteiger partial charge in [0.15, 0.2) is 0 Å².